The zero-order chi connectivity index (χ0) is 17.0. The summed E-state index contributed by atoms with van der Waals surface area (Å²) in [5.41, 5.74) is 5.31. The molecule has 2 rings (SSSR count). The Labute approximate surface area is 138 Å². The number of aryl methyl sites for hydroxylation is 3. The van der Waals surface area contributed by atoms with Crippen molar-refractivity contribution in [1.82, 2.24) is 0 Å². The van der Waals surface area contributed by atoms with Crippen LogP contribution in [0.3, 0.4) is 0 Å². The molecule has 122 valence electrons. The van der Waals surface area contributed by atoms with E-state index in [-0.39, 0.29) is 12.5 Å². The van der Waals surface area contributed by atoms with Crippen molar-refractivity contribution in [1.29, 1.82) is 0 Å². The van der Waals surface area contributed by atoms with Gasteiger partial charge in [0.1, 0.15) is 5.75 Å². The second-order valence-corrected chi connectivity index (χ2v) is 6.35. The van der Waals surface area contributed by atoms with Gasteiger partial charge in [0, 0.05) is 5.69 Å². The van der Waals surface area contributed by atoms with E-state index in [4.69, 9.17) is 4.74 Å². The molecule has 0 atom stereocenters. The summed E-state index contributed by atoms with van der Waals surface area (Å²) in [6, 6.07) is 12.1. The van der Waals surface area contributed by atoms with E-state index >= 15 is 0 Å². The average Bonchev–Trinajstić information content (AvgIpc) is 2.48. The van der Waals surface area contributed by atoms with Gasteiger partial charge in [-0.25, -0.2) is 0 Å². The van der Waals surface area contributed by atoms with Crippen LogP contribution in [0.5, 0.6) is 5.75 Å². The molecule has 3 heteroatoms. The summed E-state index contributed by atoms with van der Waals surface area (Å²) in [6.45, 7) is 10.3. The zero-order valence-corrected chi connectivity index (χ0v) is 14.6. The van der Waals surface area contributed by atoms with Crippen LogP contribution in [0.4, 0.5) is 5.69 Å². The summed E-state index contributed by atoms with van der Waals surface area (Å²) in [5, 5.41) is 2.91. The third-order valence-corrected chi connectivity index (χ3v) is 3.81. The van der Waals surface area contributed by atoms with Crippen molar-refractivity contribution in [3.63, 3.8) is 0 Å². The fourth-order valence-electron chi connectivity index (χ4n) is 2.53. The molecule has 1 N–H and O–H groups in total. The number of anilines is 1. The standard InChI is InChI=1S/C20H25NO2/c1-13(2)17-8-6-15(4)11-19(17)23-12-20(22)21-18-9-7-14(3)10-16(18)5/h6-11,13H,12H2,1-5H3,(H,21,22). The molecular formula is C20H25NO2. The van der Waals surface area contributed by atoms with Gasteiger partial charge >= 0.3 is 0 Å². The Bertz CT molecular complexity index is 705. The highest BCUT2D eigenvalue weighted by Crippen LogP contribution is 2.27. The van der Waals surface area contributed by atoms with Crippen molar-refractivity contribution in [3.05, 3.63) is 58.7 Å². The van der Waals surface area contributed by atoms with E-state index in [1.165, 1.54) is 5.56 Å². The number of hydrogen-bond donors (Lipinski definition) is 1. The minimum Gasteiger partial charge on any atom is -0.483 e. The van der Waals surface area contributed by atoms with Gasteiger partial charge in [-0.3, -0.25) is 4.79 Å². The van der Waals surface area contributed by atoms with E-state index in [2.05, 4.69) is 31.3 Å². The van der Waals surface area contributed by atoms with Crippen molar-refractivity contribution < 1.29 is 9.53 Å². The highest BCUT2D eigenvalue weighted by atomic mass is 16.5. The van der Waals surface area contributed by atoms with Crippen molar-refractivity contribution in [2.24, 2.45) is 0 Å². The number of ether oxygens (including phenoxy) is 1. The van der Waals surface area contributed by atoms with E-state index in [9.17, 15) is 4.79 Å². The lowest BCUT2D eigenvalue weighted by Crippen LogP contribution is -2.21. The lowest BCUT2D eigenvalue weighted by atomic mass is 10.0. The summed E-state index contributed by atoms with van der Waals surface area (Å²) < 4.78 is 5.76. The predicted molar refractivity (Wildman–Crippen MR) is 95.3 cm³/mol. The van der Waals surface area contributed by atoms with E-state index in [0.717, 1.165) is 28.1 Å². The van der Waals surface area contributed by atoms with Gasteiger partial charge in [-0.05, 0) is 55.5 Å². The molecule has 23 heavy (non-hydrogen) atoms. The van der Waals surface area contributed by atoms with E-state index in [0.29, 0.717) is 5.92 Å². The van der Waals surface area contributed by atoms with Gasteiger partial charge in [0.2, 0.25) is 0 Å². The van der Waals surface area contributed by atoms with Crippen LogP contribution in [0, 0.1) is 20.8 Å². The summed E-state index contributed by atoms with van der Waals surface area (Å²) in [5.74, 6) is 0.997. The summed E-state index contributed by atoms with van der Waals surface area (Å²) in [4.78, 5) is 12.2. The van der Waals surface area contributed by atoms with Gasteiger partial charge < -0.3 is 10.1 Å². The van der Waals surface area contributed by atoms with Crippen LogP contribution in [0.1, 0.15) is 42.0 Å². The number of nitrogens with one attached hydrogen (secondary N) is 1. The van der Waals surface area contributed by atoms with Gasteiger partial charge in [-0.15, -0.1) is 0 Å². The van der Waals surface area contributed by atoms with Crippen LogP contribution < -0.4 is 10.1 Å². The number of amides is 1. The summed E-state index contributed by atoms with van der Waals surface area (Å²) >= 11 is 0. The second kappa shape index (κ2) is 7.32. The quantitative estimate of drug-likeness (QED) is 0.865. The van der Waals surface area contributed by atoms with Crippen LogP contribution in [0.25, 0.3) is 0 Å². The molecule has 3 nitrogen and oxygen atoms in total. The van der Waals surface area contributed by atoms with Crippen LogP contribution in [0.15, 0.2) is 36.4 Å². The lowest BCUT2D eigenvalue weighted by molar-refractivity contribution is -0.118. The number of rotatable bonds is 5. The molecule has 0 saturated carbocycles. The van der Waals surface area contributed by atoms with Gasteiger partial charge in [-0.1, -0.05) is 43.7 Å². The maximum absolute atomic E-state index is 12.2. The van der Waals surface area contributed by atoms with E-state index in [1.807, 2.05) is 45.0 Å². The molecule has 0 radical (unpaired) electrons. The monoisotopic (exact) mass is 311 g/mol. The summed E-state index contributed by atoms with van der Waals surface area (Å²) in [6.07, 6.45) is 0. The molecule has 0 fully saturated rings. The molecule has 0 aliphatic rings. The maximum Gasteiger partial charge on any atom is 0.262 e. The van der Waals surface area contributed by atoms with Crippen molar-refractivity contribution >= 4 is 11.6 Å². The first-order chi connectivity index (χ1) is 10.9. The normalized spacial score (nSPS) is 10.7. The van der Waals surface area contributed by atoms with Crippen LogP contribution in [-0.2, 0) is 4.79 Å². The van der Waals surface area contributed by atoms with E-state index < -0.39 is 0 Å². The minimum absolute atomic E-state index is 0.0104. The van der Waals surface area contributed by atoms with Gasteiger partial charge in [-0.2, -0.15) is 0 Å². The van der Waals surface area contributed by atoms with Gasteiger partial charge in [0.05, 0.1) is 0 Å². The second-order valence-electron chi connectivity index (χ2n) is 6.35. The molecule has 1 amide bonds. The molecule has 0 heterocycles. The van der Waals surface area contributed by atoms with Crippen molar-refractivity contribution in [2.75, 3.05) is 11.9 Å². The molecule has 2 aromatic carbocycles. The van der Waals surface area contributed by atoms with Gasteiger partial charge in [0.25, 0.3) is 5.91 Å². The molecule has 0 aliphatic carbocycles. The highest BCUT2D eigenvalue weighted by molar-refractivity contribution is 5.92. The Morgan fingerprint density at radius 2 is 1.70 bits per heavy atom. The molecule has 0 bridgehead atoms. The number of benzene rings is 2. The summed E-state index contributed by atoms with van der Waals surface area (Å²) in [7, 11) is 0. The van der Waals surface area contributed by atoms with Crippen LogP contribution >= 0.6 is 0 Å². The van der Waals surface area contributed by atoms with Crippen molar-refractivity contribution in [3.8, 4) is 5.75 Å². The third-order valence-electron chi connectivity index (χ3n) is 3.81. The Morgan fingerprint density at radius 3 is 2.35 bits per heavy atom. The van der Waals surface area contributed by atoms with E-state index in [1.54, 1.807) is 0 Å². The zero-order valence-electron chi connectivity index (χ0n) is 14.6. The Morgan fingerprint density at radius 1 is 1.04 bits per heavy atom. The molecule has 0 unspecified atom stereocenters. The Kier molecular flexibility index (Phi) is 5.43. The lowest BCUT2D eigenvalue weighted by Gasteiger charge is -2.15. The topological polar surface area (TPSA) is 38.3 Å². The molecule has 0 spiro atoms. The SMILES string of the molecule is Cc1ccc(NC(=O)COc2cc(C)ccc2C(C)C)c(C)c1. The first-order valence-corrected chi connectivity index (χ1v) is 7.97. The maximum atomic E-state index is 12.2. The third kappa shape index (κ3) is 4.59. The molecule has 0 aliphatic heterocycles. The largest absolute Gasteiger partial charge is 0.483 e. The fourth-order valence-corrected chi connectivity index (χ4v) is 2.53. The molecule has 0 saturated heterocycles. The number of carbonyl (C=O) groups excluding carboxylic acids is 1. The fraction of sp³-hybridized carbons (Fsp3) is 0.350. The molecule has 2 aromatic rings. The number of carbonyl (C=O) groups is 1. The average molecular weight is 311 g/mol. The predicted octanol–water partition coefficient (Wildman–Crippen LogP) is 4.75. The molecule has 0 aromatic heterocycles. The molecular weight excluding hydrogens is 286 g/mol. The first-order valence-electron chi connectivity index (χ1n) is 7.97. The Hall–Kier alpha value is -2.29. The number of hydrogen-bond acceptors (Lipinski definition) is 2. The highest BCUT2D eigenvalue weighted by Gasteiger charge is 2.11. The van der Waals surface area contributed by atoms with Gasteiger partial charge in [0.15, 0.2) is 6.61 Å². The first kappa shape index (κ1) is 17.1. The van der Waals surface area contributed by atoms with Crippen LogP contribution in [0.2, 0.25) is 0 Å². The van der Waals surface area contributed by atoms with Crippen molar-refractivity contribution in [2.45, 2.75) is 40.5 Å². The van der Waals surface area contributed by atoms with Crippen LogP contribution in [-0.4, -0.2) is 12.5 Å². The smallest absolute Gasteiger partial charge is 0.262 e. The minimum atomic E-state index is -0.145. The Balaban J connectivity index is 2.03.